The Hall–Kier alpha value is -3.32. The second-order valence-corrected chi connectivity index (χ2v) is 9.81. The van der Waals surface area contributed by atoms with Crippen LogP contribution in [-0.4, -0.2) is 42.5 Å². The van der Waals surface area contributed by atoms with Crippen LogP contribution in [0, 0.1) is 0 Å². The first-order chi connectivity index (χ1) is 18.4. The summed E-state index contributed by atoms with van der Waals surface area (Å²) in [5, 5.41) is 2.94. The maximum atomic E-state index is 13.8. The van der Waals surface area contributed by atoms with Gasteiger partial charge in [0.25, 0.3) is 0 Å². The molecule has 1 unspecified atom stereocenters. The molecule has 0 bridgehead atoms. The lowest BCUT2D eigenvalue weighted by molar-refractivity contribution is -0.141. The Morgan fingerprint density at radius 1 is 0.842 bits per heavy atom. The van der Waals surface area contributed by atoms with Crippen LogP contribution < -0.4 is 14.8 Å². The van der Waals surface area contributed by atoms with Crippen molar-refractivity contribution in [2.75, 3.05) is 19.8 Å². The number of likely N-dealkylation sites (N-methyl/N-ethyl adjacent to an activating group) is 1. The number of carbonyl (C=O) groups is 2. The number of amides is 2. The minimum atomic E-state index is -0.632. The van der Waals surface area contributed by atoms with Crippen LogP contribution in [0.2, 0.25) is 0 Å². The van der Waals surface area contributed by atoms with Gasteiger partial charge in [0, 0.05) is 30.4 Å². The van der Waals surface area contributed by atoms with Crippen LogP contribution in [-0.2, 0) is 29.0 Å². The number of carbonyl (C=O) groups excluding carboxylic acids is 2. The topological polar surface area (TPSA) is 67.9 Å². The van der Waals surface area contributed by atoms with E-state index in [1.165, 1.54) is 0 Å². The lowest BCUT2D eigenvalue weighted by atomic mass is 10.0. The summed E-state index contributed by atoms with van der Waals surface area (Å²) in [4.78, 5) is 28.8. The second-order valence-electron chi connectivity index (χ2n) is 8.90. The first kappa shape index (κ1) is 29.2. The summed E-state index contributed by atoms with van der Waals surface area (Å²) in [6.45, 7) is 7.66. The minimum Gasteiger partial charge on any atom is -0.490 e. The Labute approximate surface area is 234 Å². The highest BCUT2D eigenvalue weighted by Gasteiger charge is 2.30. The van der Waals surface area contributed by atoms with E-state index in [0.717, 1.165) is 21.2 Å². The monoisotopic (exact) mass is 580 g/mol. The van der Waals surface area contributed by atoms with E-state index in [0.29, 0.717) is 50.6 Å². The van der Waals surface area contributed by atoms with Crippen LogP contribution in [0.4, 0.5) is 0 Å². The van der Waals surface area contributed by atoms with Gasteiger partial charge in [-0.3, -0.25) is 9.59 Å². The Morgan fingerprint density at radius 2 is 1.50 bits per heavy atom. The molecule has 0 aliphatic rings. The Balaban J connectivity index is 1.87. The quantitative estimate of drug-likeness (QED) is 0.255. The molecular formula is C31H37BrN2O4. The number of nitrogens with one attached hydrogen (secondary N) is 1. The summed E-state index contributed by atoms with van der Waals surface area (Å²) in [5.74, 6) is 1.14. The van der Waals surface area contributed by atoms with Crippen molar-refractivity contribution >= 4 is 27.7 Å². The van der Waals surface area contributed by atoms with E-state index in [2.05, 4.69) is 21.2 Å². The Kier molecular flexibility index (Phi) is 11.7. The van der Waals surface area contributed by atoms with Crippen molar-refractivity contribution in [1.82, 2.24) is 10.2 Å². The normalized spacial score (nSPS) is 11.5. The Bertz CT molecular complexity index is 1170. The average Bonchev–Trinajstić information content (AvgIpc) is 2.92. The van der Waals surface area contributed by atoms with Crippen LogP contribution in [0.5, 0.6) is 11.5 Å². The van der Waals surface area contributed by atoms with Crippen LogP contribution in [0.3, 0.4) is 0 Å². The molecule has 0 spiro atoms. The lowest BCUT2D eigenvalue weighted by Crippen LogP contribution is -2.50. The molecule has 0 saturated carbocycles. The zero-order chi connectivity index (χ0) is 27.3. The molecule has 6 nitrogen and oxygen atoms in total. The number of rotatable bonds is 14. The van der Waals surface area contributed by atoms with Crippen LogP contribution >= 0.6 is 15.9 Å². The highest BCUT2D eigenvalue weighted by Crippen LogP contribution is 2.29. The van der Waals surface area contributed by atoms with Gasteiger partial charge in [0.15, 0.2) is 11.5 Å². The summed E-state index contributed by atoms with van der Waals surface area (Å²) in [5.41, 5.74) is 2.94. The van der Waals surface area contributed by atoms with E-state index in [-0.39, 0.29) is 18.2 Å². The van der Waals surface area contributed by atoms with Gasteiger partial charge in [-0.05, 0) is 68.1 Å². The van der Waals surface area contributed by atoms with Gasteiger partial charge in [-0.15, -0.1) is 0 Å². The van der Waals surface area contributed by atoms with E-state index >= 15 is 0 Å². The molecule has 3 aromatic rings. The average molecular weight is 582 g/mol. The van der Waals surface area contributed by atoms with E-state index in [1.807, 2.05) is 93.6 Å². The van der Waals surface area contributed by atoms with Gasteiger partial charge in [0.2, 0.25) is 11.8 Å². The van der Waals surface area contributed by atoms with Gasteiger partial charge in [-0.25, -0.2) is 0 Å². The van der Waals surface area contributed by atoms with E-state index < -0.39 is 6.04 Å². The molecule has 1 atom stereocenters. The second kappa shape index (κ2) is 15.2. The molecule has 0 aliphatic carbocycles. The number of hydrogen-bond donors (Lipinski definition) is 1. The summed E-state index contributed by atoms with van der Waals surface area (Å²) in [7, 11) is 0. The molecule has 0 fully saturated rings. The molecule has 0 saturated heterocycles. The Morgan fingerprint density at radius 3 is 2.16 bits per heavy atom. The molecule has 0 radical (unpaired) electrons. The van der Waals surface area contributed by atoms with Crippen LogP contribution in [0.1, 0.15) is 43.9 Å². The summed E-state index contributed by atoms with van der Waals surface area (Å²) in [6.07, 6.45) is 1.23. The van der Waals surface area contributed by atoms with Gasteiger partial charge < -0.3 is 19.7 Å². The molecule has 0 heterocycles. The van der Waals surface area contributed by atoms with Crippen molar-refractivity contribution in [3.05, 3.63) is 94.0 Å². The summed E-state index contributed by atoms with van der Waals surface area (Å²) < 4.78 is 12.4. The fourth-order valence-electron chi connectivity index (χ4n) is 4.28. The standard InChI is InChI=1S/C31H37BrN2O4/c1-4-33-31(36)27(20-23-10-8-7-9-11-23)34(22-25-12-16-26(32)17-13-25)30(35)19-15-24-14-18-28(37-5-2)29(21-24)38-6-3/h7-14,16-18,21,27H,4-6,15,19-20,22H2,1-3H3,(H,33,36). The molecular weight excluding hydrogens is 544 g/mol. The van der Waals surface area contributed by atoms with E-state index in [9.17, 15) is 9.59 Å². The predicted molar refractivity (Wildman–Crippen MR) is 154 cm³/mol. The highest BCUT2D eigenvalue weighted by atomic mass is 79.9. The fourth-order valence-corrected chi connectivity index (χ4v) is 4.54. The number of nitrogens with zero attached hydrogens (tertiary/aromatic N) is 1. The lowest BCUT2D eigenvalue weighted by Gasteiger charge is -2.31. The number of aryl methyl sites for hydroxylation is 1. The third-order valence-electron chi connectivity index (χ3n) is 6.12. The van der Waals surface area contributed by atoms with Gasteiger partial charge in [-0.2, -0.15) is 0 Å². The van der Waals surface area contributed by atoms with Gasteiger partial charge >= 0.3 is 0 Å². The number of hydrogen-bond acceptors (Lipinski definition) is 4. The van der Waals surface area contributed by atoms with Crippen molar-refractivity contribution in [3.8, 4) is 11.5 Å². The molecule has 0 aliphatic heterocycles. The largest absolute Gasteiger partial charge is 0.490 e. The first-order valence-corrected chi connectivity index (χ1v) is 14.0. The van der Waals surface area contributed by atoms with Crippen LogP contribution in [0.25, 0.3) is 0 Å². The minimum absolute atomic E-state index is 0.0769. The third kappa shape index (κ3) is 8.62. The molecule has 0 aromatic heterocycles. The zero-order valence-electron chi connectivity index (χ0n) is 22.4. The summed E-state index contributed by atoms with van der Waals surface area (Å²) >= 11 is 3.48. The number of benzene rings is 3. The highest BCUT2D eigenvalue weighted by molar-refractivity contribution is 9.10. The molecule has 1 N–H and O–H groups in total. The number of ether oxygens (including phenoxy) is 2. The molecule has 38 heavy (non-hydrogen) atoms. The molecule has 202 valence electrons. The van der Waals surface area contributed by atoms with Crippen LogP contribution in [0.15, 0.2) is 77.3 Å². The predicted octanol–water partition coefficient (Wildman–Crippen LogP) is 5.96. The van der Waals surface area contributed by atoms with Crippen molar-refractivity contribution in [2.24, 2.45) is 0 Å². The maximum Gasteiger partial charge on any atom is 0.243 e. The number of halogens is 1. The molecule has 3 aromatic carbocycles. The van der Waals surface area contributed by atoms with Gasteiger partial charge in [0.05, 0.1) is 13.2 Å². The van der Waals surface area contributed by atoms with E-state index in [1.54, 1.807) is 4.90 Å². The van der Waals surface area contributed by atoms with Crippen molar-refractivity contribution in [3.63, 3.8) is 0 Å². The summed E-state index contributed by atoms with van der Waals surface area (Å²) in [6, 6.07) is 22.8. The van der Waals surface area contributed by atoms with E-state index in [4.69, 9.17) is 9.47 Å². The fraction of sp³-hybridized carbons (Fsp3) is 0.355. The van der Waals surface area contributed by atoms with Crippen molar-refractivity contribution < 1.29 is 19.1 Å². The van der Waals surface area contributed by atoms with Gasteiger partial charge in [-0.1, -0.05) is 64.5 Å². The van der Waals surface area contributed by atoms with Gasteiger partial charge in [0.1, 0.15) is 6.04 Å². The molecule has 2 amide bonds. The maximum absolute atomic E-state index is 13.8. The van der Waals surface area contributed by atoms with Crippen molar-refractivity contribution in [1.29, 1.82) is 0 Å². The SMILES string of the molecule is CCNC(=O)C(Cc1ccccc1)N(Cc1ccc(Br)cc1)C(=O)CCc1ccc(OCC)c(OCC)c1. The third-order valence-corrected chi connectivity index (χ3v) is 6.65. The zero-order valence-corrected chi connectivity index (χ0v) is 24.0. The molecule has 7 heteroatoms. The van der Waals surface area contributed by atoms with Crippen molar-refractivity contribution in [2.45, 2.75) is 52.6 Å². The first-order valence-electron chi connectivity index (χ1n) is 13.2. The molecule has 3 rings (SSSR count). The smallest absolute Gasteiger partial charge is 0.243 e.